The molecule has 0 saturated carbocycles. The van der Waals surface area contributed by atoms with Crippen LogP contribution in [0.3, 0.4) is 0 Å². The molecule has 0 radical (unpaired) electrons. The molecule has 2 heterocycles. The van der Waals surface area contributed by atoms with E-state index < -0.39 is 32.9 Å². The number of amides is 1. The number of benzene rings is 2. The summed E-state index contributed by atoms with van der Waals surface area (Å²) in [4.78, 5) is 27.0. The van der Waals surface area contributed by atoms with Crippen LogP contribution in [0, 0.1) is 18.6 Å². The van der Waals surface area contributed by atoms with Gasteiger partial charge in [0.15, 0.2) is 0 Å². The first-order chi connectivity index (χ1) is 16.2. The fraction of sp³-hybridized carbons (Fsp3) is 0.217. The number of aromatic amines is 1. The number of aromatic nitrogens is 4. The van der Waals surface area contributed by atoms with Crippen LogP contribution in [0.15, 0.2) is 47.3 Å². The van der Waals surface area contributed by atoms with Crippen molar-refractivity contribution in [1.82, 2.24) is 20.0 Å². The molecule has 2 aromatic carbocycles. The van der Waals surface area contributed by atoms with Gasteiger partial charge in [0.2, 0.25) is 0 Å². The zero-order chi connectivity index (χ0) is 24.4. The number of nitrogens with one attached hydrogen (secondary N) is 1. The second kappa shape index (κ2) is 9.87. The zero-order valence-electron chi connectivity index (χ0n) is 18.7. The second-order valence-corrected chi connectivity index (χ2v) is 10.4. The summed E-state index contributed by atoms with van der Waals surface area (Å²) in [5, 5.41) is 12.8. The third kappa shape index (κ3) is 5.08. The number of likely N-dealkylation sites (N-methyl/N-ethyl adjacent to an activating group) is 1. The number of H-pyrrole nitrogens is 1. The summed E-state index contributed by atoms with van der Waals surface area (Å²) in [7, 11) is 3.03. The van der Waals surface area contributed by atoms with Gasteiger partial charge in [0.25, 0.3) is 0 Å². The number of hydrogen-bond acceptors (Lipinski definition) is 5. The number of hydrogen-bond donors (Lipinski definition) is 1. The number of fused-ring (bicyclic) bond motifs is 1. The SMILES string of the molecule is COCC(=O)N(C)c1ccc2c([AsH]c3cc(C)[nH]n3)nn(Cc3cc(F)cc(F)c3)c(=O)c2c1. The Balaban J connectivity index is 1.85. The predicted molar refractivity (Wildman–Crippen MR) is 126 cm³/mol. The fourth-order valence-corrected chi connectivity index (χ4v) is 5.97. The minimum absolute atomic E-state index is 0.101. The van der Waals surface area contributed by atoms with E-state index in [2.05, 4.69) is 15.3 Å². The van der Waals surface area contributed by atoms with Crippen LogP contribution in [0.5, 0.6) is 0 Å². The molecule has 0 bridgehead atoms. The van der Waals surface area contributed by atoms with E-state index in [-0.39, 0.29) is 24.6 Å². The zero-order valence-corrected chi connectivity index (χ0v) is 20.8. The average molecular weight is 529 g/mol. The van der Waals surface area contributed by atoms with Crippen molar-refractivity contribution in [3.05, 3.63) is 75.7 Å². The molecule has 0 spiro atoms. The van der Waals surface area contributed by atoms with Crippen LogP contribution in [0.1, 0.15) is 11.3 Å². The summed E-state index contributed by atoms with van der Waals surface area (Å²) >= 11 is -1.04. The van der Waals surface area contributed by atoms with Crippen LogP contribution in [-0.2, 0) is 16.1 Å². The minimum atomic E-state index is -1.04. The first-order valence-corrected chi connectivity index (χ1v) is 12.4. The molecule has 4 rings (SSSR count). The topological polar surface area (TPSA) is 93.1 Å². The van der Waals surface area contributed by atoms with Gasteiger partial charge in [-0.15, -0.1) is 0 Å². The van der Waals surface area contributed by atoms with Crippen molar-refractivity contribution in [2.24, 2.45) is 0 Å². The summed E-state index contributed by atoms with van der Waals surface area (Å²) in [6.07, 6.45) is 0. The molecule has 0 fully saturated rings. The molecule has 0 aliphatic rings. The number of methoxy groups -OCH3 is 1. The molecule has 0 aliphatic carbocycles. The monoisotopic (exact) mass is 529 g/mol. The Kier molecular flexibility index (Phi) is 6.90. The van der Waals surface area contributed by atoms with Crippen LogP contribution >= 0.6 is 0 Å². The first-order valence-electron chi connectivity index (χ1n) is 10.3. The molecule has 1 atom stereocenters. The Labute approximate surface area is 200 Å². The van der Waals surface area contributed by atoms with E-state index >= 15 is 0 Å². The maximum absolute atomic E-state index is 13.7. The summed E-state index contributed by atoms with van der Waals surface area (Å²) in [6.45, 7) is 1.69. The number of nitrogens with zero attached hydrogens (tertiary/aromatic N) is 4. The Hall–Kier alpha value is -3.36. The molecule has 11 heteroatoms. The van der Waals surface area contributed by atoms with Crippen LogP contribution in [0.25, 0.3) is 10.8 Å². The maximum atomic E-state index is 13.7. The second-order valence-electron chi connectivity index (χ2n) is 7.77. The van der Waals surface area contributed by atoms with Gasteiger partial charge in [-0.25, -0.2) is 0 Å². The van der Waals surface area contributed by atoms with Crippen molar-refractivity contribution in [2.45, 2.75) is 13.5 Å². The number of aryl methyl sites for hydroxylation is 1. The molecule has 4 aromatic rings. The Morgan fingerprint density at radius 3 is 2.53 bits per heavy atom. The number of anilines is 1. The summed E-state index contributed by atoms with van der Waals surface area (Å²) in [5.41, 5.74) is 1.27. The summed E-state index contributed by atoms with van der Waals surface area (Å²) in [6, 6.07) is 10.2. The van der Waals surface area contributed by atoms with Gasteiger partial charge >= 0.3 is 200 Å². The molecule has 176 valence electrons. The van der Waals surface area contributed by atoms with E-state index in [1.54, 1.807) is 25.2 Å². The van der Waals surface area contributed by atoms with Crippen LogP contribution in [0.2, 0.25) is 0 Å². The van der Waals surface area contributed by atoms with Crippen LogP contribution < -0.4 is 19.4 Å². The van der Waals surface area contributed by atoms with E-state index in [0.717, 1.165) is 16.2 Å². The standard InChI is InChI=1S/C23H22AsF2N5O3/c1-13-6-20(28-27-13)24-22-18-5-4-17(30(2)21(32)12-34-3)10-19(18)23(33)31(29-22)11-14-7-15(25)9-16(26)8-14/h4-10,24H,11-12H2,1-3H3,(H,27,28). The molecule has 1 amide bonds. The Morgan fingerprint density at radius 1 is 1.15 bits per heavy atom. The van der Waals surface area contributed by atoms with Crippen molar-refractivity contribution >= 4 is 47.1 Å². The van der Waals surface area contributed by atoms with Gasteiger partial charge in [0.1, 0.15) is 0 Å². The molecule has 34 heavy (non-hydrogen) atoms. The predicted octanol–water partition coefficient (Wildman–Crippen LogP) is 0.751. The normalized spacial score (nSPS) is 11.6. The van der Waals surface area contributed by atoms with Crippen molar-refractivity contribution in [3.63, 3.8) is 0 Å². The van der Waals surface area contributed by atoms with Gasteiger partial charge in [0, 0.05) is 0 Å². The van der Waals surface area contributed by atoms with E-state index in [9.17, 15) is 18.4 Å². The van der Waals surface area contributed by atoms with Crippen LogP contribution in [0.4, 0.5) is 14.5 Å². The van der Waals surface area contributed by atoms with E-state index in [0.29, 0.717) is 20.9 Å². The number of halogens is 2. The van der Waals surface area contributed by atoms with Crippen molar-refractivity contribution in [2.75, 3.05) is 25.7 Å². The van der Waals surface area contributed by atoms with Gasteiger partial charge in [0.05, 0.1) is 0 Å². The van der Waals surface area contributed by atoms with E-state index in [4.69, 9.17) is 4.74 Å². The fourth-order valence-electron chi connectivity index (χ4n) is 3.53. The van der Waals surface area contributed by atoms with E-state index in [1.807, 2.05) is 13.0 Å². The summed E-state index contributed by atoms with van der Waals surface area (Å²) < 4.78 is 35.1. The number of ether oxygens (including phenoxy) is 1. The molecule has 2 aromatic heterocycles. The third-order valence-electron chi connectivity index (χ3n) is 5.18. The molecule has 8 nitrogen and oxygen atoms in total. The summed E-state index contributed by atoms with van der Waals surface area (Å²) in [5.74, 6) is -1.73. The molecular weight excluding hydrogens is 507 g/mol. The van der Waals surface area contributed by atoms with Gasteiger partial charge in [-0.05, 0) is 0 Å². The van der Waals surface area contributed by atoms with E-state index in [1.165, 1.54) is 28.8 Å². The van der Waals surface area contributed by atoms with Crippen molar-refractivity contribution in [3.8, 4) is 0 Å². The molecular formula is C23H22AsF2N5O3. The van der Waals surface area contributed by atoms with Crippen molar-refractivity contribution < 1.29 is 18.3 Å². The molecule has 1 unspecified atom stereocenters. The van der Waals surface area contributed by atoms with Crippen LogP contribution in [-0.4, -0.2) is 62.4 Å². The van der Waals surface area contributed by atoms with Gasteiger partial charge in [-0.1, -0.05) is 0 Å². The Bertz CT molecular complexity index is 1420. The number of rotatable bonds is 7. The van der Waals surface area contributed by atoms with Crippen molar-refractivity contribution in [1.29, 1.82) is 0 Å². The molecule has 0 saturated heterocycles. The van der Waals surface area contributed by atoms with Gasteiger partial charge in [-0.3, -0.25) is 0 Å². The molecule has 0 aliphatic heterocycles. The Morgan fingerprint density at radius 2 is 1.88 bits per heavy atom. The first kappa shape index (κ1) is 23.8. The van der Waals surface area contributed by atoms with Gasteiger partial charge < -0.3 is 0 Å². The quantitative estimate of drug-likeness (QED) is 0.357. The molecule has 1 N–H and O–H groups in total. The number of carbonyl (C=O) groups is 1. The number of carbonyl (C=O) groups excluding carboxylic acids is 1. The third-order valence-corrected chi connectivity index (χ3v) is 7.53. The van der Waals surface area contributed by atoms with Gasteiger partial charge in [-0.2, -0.15) is 0 Å². The average Bonchev–Trinajstić information content (AvgIpc) is 3.20.